The molecule has 0 saturated heterocycles. The Morgan fingerprint density at radius 1 is 0.529 bits per heavy atom. The number of methoxy groups -OCH3 is 2. The van der Waals surface area contributed by atoms with Gasteiger partial charge in [0, 0.05) is 49.1 Å². The minimum absolute atomic E-state index is 0.0359. The fourth-order valence-corrected chi connectivity index (χ4v) is 12.0. The van der Waals surface area contributed by atoms with Crippen molar-refractivity contribution in [2.24, 2.45) is 0 Å². The second kappa shape index (κ2) is 21.8. The number of halogens is 2. The summed E-state index contributed by atoms with van der Waals surface area (Å²) in [4.78, 5) is 53.2. The summed E-state index contributed by atoms with van der Waals surface area (Å²) in [5.41, 5.74) is 1.11. The van der Waals surface area contributed by atoms with E-state index in [9.17, 15) is 36.0 Å². The first-order chi connectivity index (χ1) is 33.5. The predicted octanol–water partition coefficient (Wildman–Crippen LogP) is 10.9. The van der Waals surface area contributed by atoms with Crippen LogP contribution < -0.4 is 29.6 Å². The van der Waals surface area contributed by atoms with Gasteiger partial charge in [-0.15, -0.1) is 22.7 Å². The lowest BCUT2D eigenvalue weighted by Crippen LogP contribution is -2.21. The van der Waals surface area contributed by atoms with Crippen LogP contribution in [0.3, 0.4) is 0 Å². The molecular formula is C48H40Cl2N4O12S4. The van der Waals surface area contributed by atoms with Gasteiger partial charge in [0.15, 0.2) is 0 Å². The van der Waals surface area contributed by atoms with Crippen LogP contribution in [-0.2, 0) is 29.5 Å². The van der Waals surface area contributed by atoms with Gasteiger partial charge in [-0.1, -0.05) is 83.9 Å². The lowest BCUT2D eigenvalue weighted by molar-refractivity contribution is 0.0519. The van der Waals surface area contributed by atoms with Crippen molar-refractivity contribution in [3.8, 4) is 33.8 Å². The SMILES string of the molecule is CCOC(=O)c1c(-c2ccccc2Cl)csc1NC(=O)c1ccccc1NS(=O)(=O)c1cc(S(=O)(=O)Nc2ccccc2C(=O)Nc2scc(-c3ccccc3Cl)c2C(=O)OCC)c(OC)cc1OC. The minimum atomic E-state index is -4.82. The Morgan fingerprint density at radius 3 is 1.27 bits per heavy atom. The Morgan fingerprint density at radius 2 is 0.900 bits per heavy atom. The van der Waals surface area contributed by atoms with E-state index in [2.05, 4.69) is 20.1 Å². The van der Waals surface area contributed by atoms with E-state index in [0.717, 1.165) is 49.0 Å². The van der Waals surface area contributed by atoms with Gasteiger partial charge in [-0.25, -0.2) is 26.4 Å². The molecule has 22 heteroatoms. The highest BCUT2D eigenvalue weighted by Gasteiger charge is 2.32. The van der Waals surface area contributed by atoms with E-state index in [4.69, 9.17) is 42.1 Å². The van der Waals surface area contributed by atoms with E-state index in [-0.39, 0.29) is 68.3 Å². The molecule has 2 heterocycles. The molecule has 7 rings (SSSR count). The number of esters is 2. The number of carbonyl (C=O) groups excluding carboxylic acids is 4. The van der Waals surface area contributed by atoms with Crippen LogP contribution in [0, 0.1) is 0 Å². The van der Waals surface area contributed by atoms with Gasteiger partial charge in [0.1, 0.15) is 42.4 Å². The first kappa shape index (κ1) is 50.9. The van der Waals surface area contributed by atoms with Gasteiger partial charge >= 0.3 is 11.9 Å². The summed E-state index contributed by atoms with van der Waals surface area (Å²) in [6.45, 7) is 3.34. The number of thiophene rings is 2. The van der Waals surface area contributed by atoms with E-state index in [1.54, 1.807) is 73.1 Å². The first-order valence-corrected chi connectivity index (χ1v) is 26.2. The summed E-state index contributed by atoms with van der Waals surface area (Å²) in [6.07, 6.45) is 0. The number of carbonyl (C=O) groups is 4. The molecule has 7 aromatic rings. The predicted molar refractivity (Wildman–Crippen MR) is 271 cm³/mol. The zero-order chi connectivity index (χ0) is 50.3. The number of para-hydroxylation sites is 2. The molecule has 362 valence electrons. The number of nitrogens with one attached hydrogen (secondary N) is 4. The standard InChI is InChI=1S/C48H40Cl2N4O12S4/c1-5-65-47(57)41-31(27-15-7-11-19-33(27)49)25-67-45(41)51-43(55)29-17-9-13-21-35(29)53-69(59,60)39-24-40(38(64-4)23-37(39)63-3)70(61,62)54-36-22-14-10-18-30(36)44(56)52-46-42(48(58)66-6-2)32(26-68-46)28-16-8-12-20-34(28)50/h7-26,53-54H,5-6H2,1-4H3,(H,51,55)(H,52,56). The summed E-state index contributed by atoms with van der Waals surface area (Å²) < 4.78 is 83.6. The molecule has 0 radical (unpaired) electrons. The molecule has 0 aliphatic carbocycles. The third-order valence-corrected chi connectivity index (χ3v) is 15.4. The molecule has 5 aromatic carbocycles. The maximum absolute atomic E-state index is 14.4. The summed E-state index contributed by atoms with van der Waals surface area (Å²) in [7, 11) is -7.32. The molecule has 0 fully saturated rings. The lowest BCUT2D eigenvalue weighted by Gasteiger charge is -2.18. The van der Waals surface area contributed by atoms with E-state index in [1.165, 1.54) is 48.5 Å². The van der Waals surface area contributed by atoms with Crippen molar-refractivity contribution in [1.29, 1.82) is 0 Å². The number of ether oxygens (including phenoxy) is 4. The Bertz CT molecular complexity index is 3180. The Labute approximate surface area is 420 Å². The summed E-state index contributed by atoms with van der Waals surface area (Å²) >= 11 is 15.0. The van der Waals surface area contributed by atoms with Crippen LogP contribution in [0.1, 0.15) is 55.3 Å². The van der Waals surface area contributed by atoms with Gasteiger partial charge in [0.05, 0.1) is 49.9 Å². The number of hydrogen-bond donors (Lipinski definition) is 4. The smallest absolute Gasteiger partial charge is 0.341 e. The van der Waals surface area contributed by atoms with Crippen molar-refractivity contribution in [2.75, 3.05) is 47.5 Å². The van der Waals surface area contributed by atoms with Crippen LogP contribution in [0.4, 0.5) is 21.4 Å². The molecule has 2 amide bonds. The number of benzene rings is 5. The second-order valence-electron chi connectivity index (χ2n) is 14.5. The van der Waals surface area contributed by atoms with Crippen LogP contribution >= 0.6 is 45.9 Å². The zero-order valence-electron chi connectivity index (χ0n) is 37.2. The Hall–Kier alpha value is -6.94. The van der Waals surface area contributed by atoms with Crippen molar-refractivity contribution in [3.05, 3.63) is 152 Å². The molecule has 0 bridgehead atoms. The fraction of sp³-hybridized carbons (Fsp3) is 0.125. The maximum Gasteiger partial charge on any atom is 0.341 e. The number of hydrogen-bond acceptors (Lipinski definition) is 14. The number of sulfonamides is 2. The van der Waals surface area contributed by atoms with Crippen molar-refractivity contribution in [2.45, 2.75) is 23.6 Å². The first-order valence-electron chi connectivity index (χ1n) is 20.7. The van der Waals surface area contributed by atoms with Crippen LogP contribution in [0.15, 0.2) is 130 Å². The van der Waals surface area contributed by atoms with Gasteiger partial charge in [0.2, 0.25) is 0 Å². The molecule has 70 heavy (non-hydrogen) atoms. The van der Waals surface area contributed by atoms with Crippen molar-refractivity contribution in [1.82, 2.24) is 0 Å². The molecule has 2 aromatic heterocycles. The van der Waals surface area contributed by atoms with Gasteiger partial charge in [-0.2, -0.15) is 0 Å². The topological polar surface area (TPSA) is 222 Å². The summed E-state index contributed by atoms with van der Waals surface area (Å²) in [6, 6.07) is 26.7. The van der Waals surface area contributed by atoms with Gasteiger partial charge in [0.25, 0.3) is 31.9 Å². The lowest BCUT2D eigenvalue weighted by atomic mass is 10.0. The van der Waals surface area contributed by atoms with E-state index < -0.39 is 53.6 Å². The molecular weight excluding hydrogens is 1020 g/mol. The number of rotatable bonds is 18. The van der Waals surface area contributed by atoms with Crippen LogP contribution in [0.2, 0.25) is 10.0 Å². The molecule has 0 aliphatic rings. The van der Waals surface area contributed by atoms with Crippen LogP contribution in [-0.4, -0.2) is 68.0 Å². The molecule has 0 atom stereocenters. The molecule has 0 spiro atoms. The third kappa shape index (κ3) is 10.8. The highest BCUT2D eigenvalue weighted by atomic mass is 35.5. The normalized spacial score (nSPS) is 11.3. The monoisotopic (exact) mass is 1060 g/mol. The Balaban J connectivity index is 1.19. The van der Waals surface area contributed by atoms with Crippen molar-refractivity contribution >= 4 is 111 Å². The molecule has 4 N–H and O–H groups in total. The minimum Gasteiger partial charge on any atom is -0.495 e. The number of anilines is 4. The highest BCUT2D eigenvalue weighted by Crippen LogP contribution is 2.42. The molecule has 0 saturated carbocycles. The highest BCUT2D eigenvalue weighted by molar-refractivity contribution is 7.93. The second-order valence-corrected chi connectivity index (χ2v) is 20.3. The molecule has 16 nitrogen and oxygen atoms in total. The van der Waals surface area contributed by atoms with E-state index in [0.29, 0.717) is 32.3 Å². The average molecular weight is 1060 g/mol. The van der Waals surface area contributed by atoms with Crippen molar-refractivity contribution in [3.63, 3.8) is 0 Å². The molecule has 0 unspecified atom stereocenters. The largest absolute Gasteiger partial charge is 0.495 e. The summed E-state index contributed by atoms with van der Waals surface area (Å²) in [5, 5.41) is 9.57. The van der Waals surface area contributed by atoms with E-state index >= 15 is 0 Å². The maximum atomic E-state index is 14.4. The summed E-state index contributed by atoms with van der Waals surface area (Å²) in [5.74, 6) is -3.75. The van der Waals surface area contributed by atoms with Crippen LogP contribution in [0.5, 0.6) is 11.5 Å². The van der Waals surface area contributed by atoms with E-state index in [1.807, 2.05) is 0 Å². The quantitative estimate of drug-likeness (QED) is 0.0590. The fourth-order valence-electron chi connectivity index (χ4n) is 7.01. The van der Waals surface area contributed by atoms with Gasteiger partial charge in [-0.05, 0) is 56.3 Å². The van der Waals surface area contributed by atoms with Crippen molar-refractivity contribution < 1.29 is 55.0 Å². The zero-order valence-corrected chi connectivity index (χ0v) is 42.0. The average Bonchev–Trinajstić information content (AvgIpc) is 3.95. The Kier molecular flexibility index (Phi) is 15.8. The van der Waals surface area contributed by atoms with Gasteiger partial charge in [-0.3, -0.25) is 19.0 Å². The third-order valence-electron chi connectivity index (χ3n) is 10.2. The van der Waals surface area contributed by atoms with Gasteiger partial charge < -0.3 is 29.6 Å². The molecule has 0 aliphatic heterocycles. The number of amides is 2. The van der Waals surface area contributed by atoms with Crippen LogP contribution in [0.25, 0.3) is 22.3 Å².